The van der Waals surface area contributed by atoms with E-state index in [-0.39, 0.29) is 12.2 Å². The molecule has 0 spiro atoms. The molecule has 0 atom stereocenters. The second-order valence-electron chi connectivity index (χ2n) is 4.39. The van der Waals surface area contributed by atoms with E-state index in [1.165, 1.54) is 0 Å². The van der Waals surface area contributed by atoms with Crippen LogP contribution in [0.2, 0.25) is 0 Å². The third-order valence-corrected chi connectivity index (χ3v) is 1.51. The largest absolute Gasteiger partial charge is 0.454 e. The number of Topliss-reactive ketones (excluding diaryl/α,β-unsaturated/α-hetero) is 2. The molecule has 0 amide bonds. The first-order valence-corrected chi connectivity index (χ1v) is 5.04. The molecular formula is C11H18O4. The van der Waals surface area contributed by atoms with Crippen molar-refractivity contribution in [2.24, 2.45) is 0 Å². The van der Waals surface area contributed by atoms with Gasteiger partial charge in [0.1, 0.15) is 11.4 Å². The molecule has 0 aliphatic heterocycles. The van der Waals surface area contributed by atoms with Crippen LogP contribution in [0.5, 0.6) is 0 Å². The Morgan fingerprint density at radius 1 is 1.13 bits per heavy atom. The molecule has 15 heavy (non-hydrogen) atoms. The summed E-state index contributed by atoms with van der Waals surface area (Å²) >= 11 is 0. The van der Waals surface area contributed by atoms with Crippen LogP contribution in [0.4, 0.5) is 0 Å². The summed E-state index contributed by atoms with van der Waals surface area (Å²) < 4.78 is 4.84. The lowest BCUT2D eigenvalue weighted by atomic mass is 10.1. The predicted molar refractivity (Wildman–Crippen MR) is 55.4 cm³/mol. The smallest absolute Gasteiger partial charge is 0.375 e. The summed E-state index contributed by atoms with van der Waals surface area (Å²) in [5.41, 5.74) is -0.694. The molecule has 0 rings (SSSR count). The number of hydrogen-bond donors (Lipinski definition) is 0. The summed E-state index contributed by atoms with van der Waals surface area (Å²) in [5.74, 6) is -1.90. The average molecular weight is 214 g/mol. The second-order valence-corrected chi connectivity index (χ2v) is 4.39. The minimum atomic E-state index is -0.924. The summed E-state index contributed by atoms with van der Waals surface area (Å²) in [5, 5.41) is 0. The van der Waals surface area contributed by atoms with Crippen LogP contribution >= 0.6 is 0 Å². The van der Waals surface area contributed by atoms with Crippen LogP contribution in [0.15, 0.2) is 0 Å². The summed E-state index contributed by atoms with van der Waals surface area (Å²) in [4.78, 5) is 33.5. The van der Waals surface area contributed by atoms with Gasteiger partial charge in [-0.3, -0.25) is 9.59 Å². The average Bonchev–Trinajstić information content (AvgIpc) is 2.00. The van der Waals surface area contributed by atoms with Gasteiger partial charge in [0.15, 0.2) is 0 Å². The summed E-state index contributed by atoms with van der Waals surface area (Å²) in [6.07, 6.45) is 0.664. The number of carbonyl (C=O) groups is 3. The van der Waals surface area contributed by atoms with E-state index in [9.17, 15) is 14.4 Å². The van der Waals surface area contributed by atoms with Gasteiger partial charge < -0.3 is 4.74 Å². The van der Waals surface area contributed by atoms with Crippen molar-refractivity contribution in [3.63, 3.8) is 0 Å². The van der Waals surface area contributed by atoms with Gasteiger partial charge in [0.25, 0.3) is 0 Å². The fourth-order valence-electron chi connectivity index (χ4n) is 0.953. The zero-order valence-corrected chi connectivity index (χ0v) is 9.75. The Hall–Kier alpha value is -1.19. The Labute approximate surface area is 90.0 Å². The van der Waals surface area contributed by atoms with Crippen molar-refractivity contribution in [3.8, 4) is 0 Å². The van der Waals surface area contributed by atoms with Gasteiger partial charge >= 0.3 is 5.97 Å². The van der Waals surface area contributed by atoms with Gasteiger partial charge in [0.05, 0.1) is 6.42 Å². The third-order valence-electron chi connectivity index (χ3n) is 1.51. The van der Waals surface area contributed by atoms with E-state index < -0.39 is 17.4 Å². The number of rotatable bonds is 5. The van der Waals surface area contributed by atoms with Crippen LogP contribution in [0.25, 0.3) is 0 Å². The molecule has 0 aromatic rings. The standard InChI is InChI=1S/C11H18O4/c1-5-6-8(12)7-9(13)10(14)15-11(2,3)4/h5-7H2,1-4H3. The van der Waals surface area contributed by atoms with E-state index in [1.807, 2.05) is 6.92 Å². The molecule has 0 bridgehead atoms. The molecule has 86 valence electrons. The third kappa shape index (κ3) is 6.82. The normalized spacial score (nSPS) is 10.9. The van der Waals surface area contributed by atoms with Crippen molar-refractivity contribution in [2.75, 3.05) is 0 Å². The molecule has 0 aliphatic carbocycles. The topological polar surface area (TPSA) is 60.4 Å². The lowest BCUT2D eigenvalue weighted by molar-refractivity contribution is -0.163. The van der Waals surface area contributed by atoms with Gasteiger partial charge in [-0.1, -0.05) is 6.92 Å². The highest BCUT2D eigenvalue weighted by Gasteiger charge is 2.24. The highest BCUT2D eigenvalue weighted by molar-refractivity contribution is 6.37. The SMILES string of the molecule is CCCC(=O)CC(=O)C(=O)OC(C)(C)C. The number of esters is 1. The van der Waals surface area contributed by atoms with Crippen molar-refractivity contribution in [2.45, 2.75) is 52.6 Å². The zero-order chi connectivity index (χ0) is 12.1. The van der Waals surface area contributed by atoms with Gasteiger partial charge in [-0.05, 0) is 27.2 Å². The molecule has 0 aromatic carbocycles. The number of ether oxygens (including phenoxy) is 1. The number of hydrogen-bond acceptors (Lipinski definition) is 4. The van der Waals surface area contributed by atoms with Gasteiger partial charge in [0.2, 0.25) is 5.78 Å². The fourth-order valence-corrected chi connectivity index (χ4v) is 0.953. The quantitative estimate of drug-likeness (QED) is 0.396. The molecule has 0 unspecified atom stereocenters. The maximum absolute atomic E-state index is 11.2. The first kappa shape index (κ1) is 13.8. The van der Waals surface area contributed by atoms with E-state index in [1.54, 1.807) is 20.8 Å². The zero-order valence-electron chi connectivity index (χ0n) is 9.75. The van der Waals surface area contributed by atoms with Crippen molar-refractivity contribution in [3.05, 3.63) is 0 Å². The van der Waals surface area contributed by atoms with Crippen molar-refractivity contribution in [1.29, 1.82) is 0 Å². The highest BCUT2D eigenvalue weighted by Crippen LogP contribution is 2.08. The number of carbonyl (C=O) groups excluding carboxylic acids is 3. The van der Waals surface area contributed by atoms with Gasteiger partial charge in [0, 0.05) is 6.42 Å². The molecule has 0 saturated carbocycles. The van der Waals surface area contributed by atoms with E-state index in [0.29, 0.717) is 12.8 Å². The minimum Gasteiger partial charge on any atom is -0.454 e. The molecule has 0 aromatic heterocycles. The van der Waals surface area contributed by atoms with Crippen molar-refractivity contribution < 1.29 is 19.1 Å². The Morgan fingerprint density at radius 2 is 1.67 bits per heavy atom. The van der Waals surface area contributed by atoms with Gasteiger partial charge in [-0.15, -0.1) is 0 Å². The molecule has 0 heterocycles. The molecule has 0 aliphatic rings. The van der Waals surface area contributed by atoms with Crippen LogP contribution in [0.3, 0.4) is 0 Å². The Morgan fingerprint density at radius 3 is 2.07 bits per heavy atom. The van der Waals surface area contributed by atoms with E-state index in [0.717, 1.165) is 0 Å². The Balaban J connectivity index is 4.12. The van der Waals surface area contributed by atoms with Crippen LogP contribution in [-0.4, -0.2) is 23.1 Å². The monoisotopic (exact) mass is 214 g/mol. The van der Waals surface area contributed by atoms with E-state index >= 15 is 0 Å². The summed E-state index contributed by atoms with van der Waals surface area (Å²) in [6, 6.07) is 0. The highest BCUT2D eigenvalue weighted by atomic mass is 16.6. The van der Waals surface area contributed by atoms with E-state index in [4.69, 9.17) is 4.74 Å². The molecule has 0 fully saturated rings. The maximum Gasteiger partial charge on any atom is 0.375 e. The van der Waals surface area contributed by atoms with Crippen LogP contribution in [0.1, 0.15) is 47.0 Å². The van der Waals surface area contributed by atoms with Crippen LogP contribution < -0.4 is 0 Å². The Bertz CT molecular complexity index is 260. The maximum atomic E-state index is 11.2. The summed E-state index contributed by atoms with van der Waals surface area (Å²) in [7, 11) is 0. The predicted octanol–water partition coefficient (Wildman–Crippen LogP) is 1.66. The first-order chi connectivity index (χ1) is 6.76. The molecule has 0 saturated heterocycles. The molecule has 0 radical (unpaired) electrons. The molecule has 4 heteroatoms. The molecule has 0 N–H and O–H groups in total. The van der Waals surface area contributed by atoms with Gasteiger partial charge in [-0.2, -0.15) is 0 Å². The molecular weight excluding hydrogens is 196 g/mol. The Kier molecular flexibility index (Phi) is 5.19. The van der Waals surface area contributed by atoms with E-state index in [2.05, 4.69) is 0 Å². The summed E-state index contributed by atoms with van der Waals surface area (Å²) in [6.45, 7) is 6.86. The lowest BCUT2D eigenvalue weighted by Crippen LogP contribution is -2.29. The minimum absolute atomic E-state index is 0.214. The lowest BCUT2D eigenvalue weighted by Gasteiger charge is -2.18. The number of ketones is 2. The van der Waals surface area contributed by atoms with Crippen LogP contribution in [0, 0.1) is 0 Å². The van der Waals surface area contributed by atoms with Gasteiger partial charge in [-0.25, -0.2) is 4.79 Å². The first-order valence-electron chi connectivity index (χ1n) is 5.04. The second kappa shape index (κ2) is 5.63. The molecule has 4 nitrogen and oxygen atoms in total. The fraction of sp³-hybridized carbons (Fsp3) is 0.727. The van der Waals surface area contributed by atoms with Crippen molar-refractivity contribution >= 4 is 17.5 Å². The van der Waals surface area contributed by atoms with Crippen LogP contribution in [-0.2, 0) is 19.1 Å². The van der Waals surface area contributed by atoms with Crippen molar-refractivity contribution in [1.82, 2.24) is 0 Å².